The van der Waals surface area contributed by atoms with E-state index in [1.165, 1.54) is 0 Å². The minimum absolute atomic E-state index is 0.0606. The van der Waals surface area contributed by atoms with Gasteiger partial charge in [-0.3, -0.25) is 9.59 Å². The van der Waals surface area contributed by atoms with Crippen LogP contribution in [0.25, 0.3) is 0 Å². The maximum absolute atomic E-state index is 12.9. The minimum Gasteiger partial charge on any atom is -0.497 e. The third kappa shape index (κ3) is 7.48. The Bertz CT molecular complexity index is 859. The highest BCUT2D eigenvalue weighted by atomic mass is 32.2. The number of benzene rings is 1. The van der Waals surface area contributed by atoms with E-state index in [1.54, 1.807) is 19.2 Å². The molecule has 32 heavy (non-hydrogen) atoms. The summed E-state index contributed by atoms with van der Waals surface area (Å²) in [5, 5.41) is 5.39. The Kier molecular flexibility index (Phi) is 8.92. The fraction of sp³-hybridized carbons (Fsp3) is 0.652. The largest absolute Gasteiger partial charge is 0.497 e. The zero-order chi connectivity index (χ0) is 23.0. The Morgan fingerprint density at radius 3 is 2.44 bits per heavy atom. The van der Waals surface area contributed by atoms with Crippen molar-refractivity contribution < 1.29 is 27.5 Å². The Hall–Kier alpha value is -2.13. The summed E-state index contributed by atoms with van der Waals surface area (Å²) < 4.78 is 36.3. The van der Waals surface area contributed by atoms with Gasteiger partial charge in [0.05, 0.1) is 18.6 Å². The van der Waals surface area contributed by atoms with Crippen LogP contribution in [-0.4, -0.2) is 57.6 Å². The molecule has 1 heterocycles. The molecule has 1 aromatic rings. The molecule has 1 aliphatic carbocycles. The second kappa shape index (κ2) is 11.7. The Balaban J connectivity index is 1.63. The average molecular weight is 467 g/mol. The number of carbonyl (C=O) groups excluding carboxylic acids is 2. The van der Waals surface area contributed by atoms with Crippen molar-refractivity contribution in [2.45, 2.75) is 63.6 Å². The van der Waals surface area contributed by atoms with Crippen molar-refractivity contribution in [2.24, 2.45) is 5.92 Å². The fourth-order valence-corrected chi connectivity index (χ4v) is 6.25. The van der Waals surface area contributed by atoms with Crippen LogP contribution in [0.5, 0.6) is 5.75 Å². The smallest absolute Gasteiger partial charge is 0.249 e. The number of nitrogens with one attached hydrogen (secondary N) is 2. The number of carbonyl (C=O) groups is 2. The first-order valence-corrected chi connectivity index (χ1v) is 13.2. The van der Waals surface area contributed by atoms with Gasteiger partial charge in [-0.25, -0.2) is 8.42 Å². The average Bonchev–Trinajstić information content (AvgIpc) is 3.33. The number of hydrogen-bond acceptors (Lipinski definition) is 6. The van der Waals surface area contributed by atoms with E-state index < -0.39 is 39.6 Å². The highest BCUT2D eigenvalue weighted by Gasteiger charge is 2.32. The molecule has 0 spiro atoms. The predicted octanol–water partition coefficient (Wildman–Crippen LogP) is 1.97. The van der Waals surface area contributed by atoms with E-state index in [1.807, 2.05) is 12.1 Å². The first kappa shape index (κ1) is 24.5. The lowest BCUT2D eigenvalue weighted by Crippen LogP contribution is -2.53. The SMILES string of the molecule is COc1ccc(CNC(=O)[C@H](CS(=O)(=O)CC2CCCCC2)NC(=O)C2CCCO2)cc1. The van der Waals surface area contributed by atoms with Crippen LogP contribution < -0.4 is 15.4 Å². The molecule has 3 rings (SSSR count). The maximum Gasteiger partial charge on any atom is 0.249 e. The van der Waals surface area contributed by atoms with E-state index in [9.17, 15) is 18.0 Å². The van der Waals surface area contributed by atoms with Crippen LogP contribution in [0.2, 0.25) is 0 Å². The van der Waals surface area contributed by atoms with E-state index in [0.29, 0.717) is 18.8 Å². The van der Waals surface area contributed by atoms with E-state index in [-0.39, 0.29) is 18.2 Å². The molecular formula is C23H34N2O6S. The monoisotopic (exact) mass is 466 g/mol. The molecule has 2 N–H and O–H groups in total. The molecule has 9 heteroatoms. The van der Waals surface area contributed by atoms with Crippen molar-refractivity contribution in [2.75, 3.05) is 25.2 Å². The first-order valence-electron chi connectivity index (χ1n) is 11.4. The van der Waals surface area contributed by atoms with Gasteiger partial charge in [-0.2, -0.15) is 0 Å². The van der Waals surface area contributed by atoms with Crippen LogP contribution in [0.1, 0.15) is 50.5 Å². The summed E-state index contributed by atoms with van der Waals surface area (Å²) in [5.41, 5.74) is 0.841. The number of ether oxygens (including phenoxy) is 2. The summed E-state index contributed by atoms with van der Waals surface area (Å²) in [6, 6.07) is 6.05. The lowest BCUT2D eigenvalue weighted by molar-refractivity contribution is -0.134. The van der Waals surface area contributed by atoms with Gasteiger partial charge >= 0.3 is 0 Å². The normalized spacial score (nSPS) is 20.5. The number of rotatable bonds is 10. The molecule has 1 unspecified atom stereocenters. The number of methoxy groups -OCH3 is 1. The zero-order valence-electron chi connectivity index (χ0n) is 18.7. The predicted molar refractivity (Wildman–Crippen MR) is 121 cm³/mol. The molecule has 2 aliphatic rings. The molecule has 1 aromatic carbocycles. The topological polar surface area (TPSA) is 111 Å². The van der Waals surface area contributed by atoms with Gasteiger partial charge in [-0.05, 0) is 49.3 Å². The van der Waals surface area contributed by atoms with Gasteiger partial charge in [0.1, 0.15) is 17.9 Å². The van der Waals surface area contributed by atoms with Gasteiger partial charge in [-0.15, -0.1) is 0 Å². The minimum atomic E-state index is -3.52. The van der Waals surface area contributed by atoms with Crippen molar-refractivity contribution in [1.82, 2.24) is 10.6 Å². The Morgan fingerprint density at radius 2 is 1.81 bits per heavy atom. The lowest BCUT2D eigenvalue weighted by atomic mass is 9.91. The number of sulfone groups is 1. The maximum atomic E-state index is 12.9. The standard InChI is InChI=1S/C23H34N2O6S/c1-30-19-11-9-17(10-12-19)14-24-22(26)20(25-23(27)21-8-5-13-31-21)16-32(28,29)15-18-6-3-2-4-7-18/h9-12,18,20-21H,2-8,13-16H2,1H3,(H,24,26)(H,25,27)/t20-,21?/m0/s1. The van der Waals surface area contributed by atoms with E-state index in [2.05, 4.69) is 10.6 Å². The highest BCUT2D eigenvalue weighted by Crippen LogP contribution is 2.25. The van der Waals surface area contributed by atoms with E-state index in [4.69, 9.17) is 9.47 Å². The molecular weight excluding hydrogens is 432 g/mol. The summed E-state index contributed by atoms with van der Waals surface area (Å²) >= 11 is 0. The van der Waals surface area contributed by atoms with Crippen molar-refractivity contribution in [1.29, 1.82) is 0 Å². The number of hydrogen-bond donors (Lipinski definition) is 2. The molecule has 178 valence electrons. The second-order valence-corrected chi connectivity index (χ2v) is 10.9. The third-order valence-corrected chi connectivity index (χ3v) is 7.94. The quantitative estimate of drug-likeness (QED) is 0.545. The molecule has 1 saturated carbocycles. The summed E-state index contributed by atoms with van der Waals surface area (Å²) in [5.74, 6) is -0.456. The molecule has 0 radical (unpaired) electrons. The van der Waals surface area contributed by atoms with Gasteiger partial charge in [0.2, 0.25) is 11.8 Å². The van der Waals surface area contributed by atoms with Gasteiger partial charge in [0.25, 0.3) is 0 Å². The molecule has 1 aliphatic heterocycles. The van der Waals surface area contributed by atoms with Gasteiger partial charge in [-0.1, -0.05) is 31.4 Å². The van der Waals surface area contributed by atoms with Crippen molar-refractivity contribution in [3.63, 3.8) is 0 Å². The third-order valence-electron chi connectivity index (χ3n) is 6.12. The molecule has 1 saturated heterocycles. The van der Waals surface area contributed by atoms with Gasteiger partial charge < -0.3 is 20.1 Å². The molecule has 2 amide bonds. The van der Waals surface area contributed by atoms with Crippen LogP contribution in [0.3, 0.4) is 0 Å². The van der Waals surface area contributed by atoms with Crippen molar-refractivity contribution in [3.05, 3.63) is 29.8 Å². The fourth-order valence-electron chi connectivity index (χ4n) is 4.32. The first-order chi connectivity index (χ1) is 15.4. The Morgan fingerprint density at radius 1 is 1.09 bits per heavy atom. The summed E-state index contributed by atoms with van der Waals surface area (Å²) in [7, 11) is -1.94. The molecule has 0 bridgehead atoms. The van der Waals surface area contributed by atoms with Gasteiger partial charge in [0.15, 0.2) is 9.84 Å². The summed E-state index contributed by atoms with van der Waals surface area (Å²) in [6.45, 7) is 0.712. The molecule has 0 aromatic heterocycles. The summed E-state index contributed by atoms with van der Waals surface area (Å²) in [6.07, 6.45) is 5.74. The second-order valence-electron chi connectivity index (χ2n) is 8.71. The van der Waals surface area contributed by atoms with Crippen LogP contribution in [0.15, 0.2) is 24.3 Å². The van der Waals surface area contributed by atoms with Crippen LogP contribution in [0, 0.1) is 5.92 Å². The van der Waals surface area contributed by atoms with Crippen LogP contribution >= 0.6 is 0 Å². The highest BCUT2D eigenvalue weighted by molar-refractivity contribution is 7.91. The lowest BCUT2D eigenvalue weighted by Gasteiger charge is -2.24. The van der Waals surface area contributed by atoms with Gasteiger partial charge in [0, 0.05) is 13.2 Å². The van der Waals surface area contributed by atoms with Crippen LogP contribution in [-0.2, 0) is 30.7 Å². The Labute approximate surface area is 190 Å². The number of amides is 2. The van der Waals surface area contributed by atoms with Crippen molar-refractivity contribution in [3.8, 4) is 5.75 Å². The van der Waals surface area contributed by atoms with E-state index >= 15 is 0 Å². The summed E-state index contributed by atoms with van der Waals surface area (Å²) in [4.78, 5) is 25.5. The molecule has 8 nitrogen and oxygen atoms in total. The molecule has 2 atom stereocenters. The van der Waals surface area contributed by atoms with E-state index in [0.717, 1.165) is 44.1 Å². The zero-order valence-corrected chi connectivity index (χ0v) is 19.5. The van der Waals surface area contributed by atoms with Crippen molar-refractivity contribution >= 4 is 21.7 Å². The van der Waals surface area contributed by atoms with Crippen LogP contribution in [0.4, 0.5) is 0 Å². The molecule has 2 fully saturated rings.